The van der Waals surface area contributed by atoms with Crippen molar-refractivity contribution in [3.8, 4) is 0 Å². The Bertz CT molecular complexity index is 1850. The molecule has 6 rings (SSSR count). The molecule has 1 amide bonds. The Labute approximate surface area is 285 Å². The fraction of sp³-hybridized carbons (Fsp3) is 0.368. The maximum absolute atomic E-state index is 12.9. The van der Waals surface area contributed by atoms with E-state index in [0.29, 0.717) is 16.9 Å². The number of anilines is 2. The number of carbonyl (C=O) groups is 3. The molecule has 0 bridgehead atoms. The number of allylic oxidation sites excluding steroid dienone is 1. The number of nitrogens with zero attached hydrogens (tertiary/aromatic N) is 2. The monoisotopic (exact) mass is 668 g/mol. The molecule has 2 fully saturated rings. The molecule has 7 nitrogen and oxygen atoms in total. The van der Waals surface area contributed by atoms with Crippen molar-refractivity contribution in [2.45, 2.75) is 65.3 Å². The zero-order valence-corrected chi connectivity index (χ0v) is 28.7. The lowest BCUT2D eigenvalue weighted by atomic mass is 9.73. The molecule has 47 heavy (non-hydrogen) atoms. The topological polar surface area (TPSA) is 98.2 Å². The van der Waals surface area contributed by atoms with E-state index in [1.165, 1.54) is 24.1 Å². The van der Waals surface area contributed by atoms with E-state index in [9.17, 15) is 24.6 Å². The van der Waals surface area contributed by atoms with Crippen molar-refractivity contribution in [2.24, 2.45) is 17.3 Å². The van der Waals surface area contributed by atoms with Crippen LogP contribution in [0, 0.1) is 17.3 Å². The van der Waals surface area contributed by atoms with Crippen molar-refractivity contribution in [3.05, 3.63) is 82.3 Å². The third kappa shape index (κ3) is 6.48. The van der Waals surface area contributed by atoms with Gasteiger partial charge in [-0.1, -0.05) is 101 Å². The molecule has 3 aliphatic rings. The molecule has 1 aliphatic carbocycles. The van der Waals surface area contributed by atoms with Gasteiger partial charge in [-0.3, -0.25) is 19.3 Å². The summed E-state index contributed by atoms with van der Waals surface area (Å²) in [4.78, 5) is 39.7. The molecule has 0 aromatic heterocycles. The third-order valence-electron chi connectivity index (χ3n) is 10.4. The van der Waals surface area contributed by atoms with Crippen LogP contribution in [0.4, 0.5) is 11.4 Å². The van der Waals surface area contributed by atoms with E-state index in [0.717, 1.165) is 57.1 Å². The van der Waals surface area contributed by atoms with Gasteiger partial charge in [0.25, 0.3) is 5.91 Å². The molecule has 0 spiro atoms. The number of thioether (sulfide) groups is 1. The molecule has 0 radical (unpaired) electrons. The van der Waals surface area contributed by atoms with Gasteiger partial charge in [-0.05, 0) is 88.0 Å². The van der Waals surface area contributed by atoms with Gasteiger partial charge in [-0.2, -0.15) is 0 Å². The summed E-state index contributed by atoms with van der Waals surface area (Å²) in [5.41, 5.74) is 5.38. The molecule has 244 valence electrons. The number of carboxylic acid groups (broad SMARTS) is 2. The lowest BCUT2D eigenvalue weighted by Crippen LogP contribution is -2.33. The molecule has 1 saturated carbocycles. The summed E-state index contributed by atoms with van der Waals surface area (Å²) in [6, 6.07) is 19.9. The molecule has 1 saturated heterocycles. The fourth-order valence-electron chi connectivity index (χ4n) is 7.22. The zero-order chi connectivity index (χ0) is 33.6. The fourth-order valence-corrected chi connectivity index (χ4v) is 8.48. The van der Waals surface area contributed by atoms with Crippen LogP contribution in [0.15, 0.2) is 65.6 Å². The Hall–Kier alpha value is -3.95. The second-order valence-electron chi connectivity index (χ2n) is 13.7. The number of hydrogen-bond donors (Lipinski definition) is 2. The molecule has 4 atom stereocenters. The average Bonchev–Trinajstić information content (AvgIpc) is 3.51. The molecule has 9 heteroatoms. The minimum absolute atomic E-state index is 0.0181. The van der Waals surface area contributed by atoms with Crippen LogP contribution >= 0.6 is 24.0 Å². The van der Waals surface area contributed by atoms with Gasteiger partial charge in [-0.15, -0.1) is 0 Å². The normalized spacial score (nSPS) is 21.8. The van der Waals surface area contributed by atoms with Gasteiger partial charge >= 0.3 is 11.9 Å². The van der Waals surface area contributed by atoms with E-state index < -0.39 is 24.4 Å². The third-order valence-corrected chi connectivity index (χ3v) is 11.8. The van der Waals surface area contributed by atoms with E-state index in [2.05, 4.69) is 79.4 Å². The van der Waals surface area contributed by atoms with Crippen molar-refractivity contribution >= 4 is 80.4 Å². The van der Waals surface area contributed by atoms with E-state index >= 15 is 0 Å². The summed E-state index contributed by atoms with van der Waals surface area (Å²) in [6.45, 7) is 7.52. The Kier molecular flexibility index (Phi) is 9.06. The molecule has 4 unspecified atom stereocenters. The van der Waals surface area contributed by atoms with Crippen molar-refractivity contribution < 1.29 is 24.6 Å². The quantitative estimate of drug-likeness (QED) is 0.173. The number of benzene rings is 3. The predicted octanol–water partition coefficient (Wildman–Crippen LogP) is 8.70. The number of fused-ring (bicyclic) bond motifs is 4. The number of thiocarbonyl (C=S) groups is 1. The number of amides is 1. The smallest absolute Gasteiger partial charge is 0.323 e. The first-order valence-electron chi connectivity index (χ1n) is 16.2. The van der Waals surface area contributed by atoms with E-state index in [1.54, 1.807) is 6.92 Å². The first kappa shape index (κ1) is 33.0. The van der Waals surface area contributed by atoms with Crippen LogP contribution in [0.1, 0.15) is 76.0 Å². The Morgan fingerprint density at radius 2 is 1.70 bits per heavy atom. The van der Waals surface area contributed by atoms with E-state index in [1.807, 2.05) is 19.1 Å². The van der Waals surface area contributed by atoms with Crippen molar-refractivity contribution in [3.63, 3.8) is 0 Å². The van der Waals surface area contributed by atoms with Gasteiger partial charge in [-0.25, -0.2) is 0 Å². The number of rotatable bonds is 9. The van der Waals surface area contributed by atoms with Crippen LogP contribution in [0.3, 0.4) is 0 Å². The van der Waals surface area contributed by atoms with Crippen molar-refractivity contribution in [1.29, 1.82) is 0 Å². The molecule has 3 aromatic carbocycles. The molecule has 3 aromatic rings. The van der Waals surface area contributed by atoms with Crippen LogP contribution in [-0.2, 0) is 14.4 Å². The lowest BCUT2D eigenvalue weighted by Gasteiger charge is -2.33. The van der Waals surface area contributed by atoms with Gasteiger partial charge in [0.15, 0.2) is 0 Å². The van der Waals surface area contributed by atoms with Crippen LogP contribution in [0.2, 0.25) is 0 Å². The van der Waals surface area contributed by atoms with Crippen molar-refractivity contribution in [2.75, 3.05) is 11.4 Å². The molecule has 2 aliphatic heterocycles. The number of hydrogen-bond acceptors (Lipinski definition) is 6. The Morgan fingerprint density at radius 1 is 1.00 bits per heavy atom. The van der Waals surface area contributed by atoms with Crippen LogP contribution in [0.5, 0.6) is 0 Å². The second-order valence-corrected chi connectivity index (χ2v) is 15.3. The lowest BCUT2D eigenvalue weighted by molar-refractivity contribution is -0.144. The Morgan fingerprint density at radius 3 is 2.45 bits per heavy atom. The minimum atomic E-state index is -1.09. The van der Waals surface area contributed by atoms with Crippen LogP contribution < -0.4 is 4.90 Å². The molecular formula is C38H40N2O5S2. The first-order valence-corrected chi connectivity index (χ1v) is 17.4. The van der Waals surface area contributed by atoms with Gasteiger partial charge < -0.3 is 15.1 Å². The maximum Gasteiger partial charge on any atom is 0.323 e. The van der Waals surface area contributed by atoms with Crippen LogP contribution in [0.25, 0.3) is 22.9 Å². The molecule has 2 heterocycles. The highest BCUT2D eigenvalue weighted by molar-refractivity contribution is 8.26. The van der Waals surface area contributed by atoms with Gasteiger partial charge in [0.2, 0.25) is 0 Å². The summed E-state index contributed by atoms with van der Waals surface area (Å²) < 4.78 is 0.270. The Balaban J connectivity index is 1.27. The first-order chi connectivity index (χ1) is 22.3. The average molecular weight is 669 g/mol. The highest BCUT2D eigenvalue weighted by atomic mass is 32.2. The van der Waals surface area contributed by atoms with Crippen molar-refractivity contribution in [1.82, 2.24) is 4.90 Å². The molecular weight excluding hydrogens is 629 g/mol. The van der Waals surface area contributed by atoms with E-state index in [-0.39, 0.29) is 21.6 Å². The SMILES string of the molecule is CC(C(=O)O)C(C)C(C)(C)C=Cc1ccc2cc(N3c4ccc(/C=C5\SC(=S)N(CC(=O)O)C5=O)cc4C4CCCCC43)ccc2c1. The molecule has 2 N–H and O–H groups in total. The highest BCUT2D eigenvalue weighted by Crippen LogP contribution is 2.51. The second kappa shape index (κ2) is 12.9. The number of carboxylic acids is 2. The van der Waals surface area contributed by atoms with Crippen LogP contribution in [-0.4, -0.2) is 49.9 Å². The van der Waals surface area contributed by atoms with Gasteiger partial charge in [0.1, 0.15) is 10.9 Å². The summed E-state index contributed by atoms with van der Waals surface area (Å²) in [5, 5.41) is 21.0. The number of aliphatic carboxylic acids is 2. The largest absolute Gasteiger partial charge is 0.481 e. The van der Waals surface area contributed by atoms with Gasteiger partial charge in [0.05, 0.1) is 10.8 Å². The highest BCUT2D eigenvalue weighted by Gasteiger charge is 2.41. The number of carbonyl (C=O) groups excluding carboxylic acids is 1. The zero-order valence-electron chi connectivity index (χ0n) is 27.1. The summed E-state index contributed by atoms with van der Waals surface area (Å²) >= 11 is 6.44. The standard InChI is InChI=1S/C38H40N2O5S2/c1-22(36(44)45)23(2)38(3,4)16-15-24-9-11-27-20-28(13-12-26(27)17-24)40-31-8-6-5-7-29(31)30-18-25(10-14-32(30)40)19-33-35(43)39(21-34(41)42)37(46)47-33/h9-20,22-23,29,31H,5-8,21H2,1-4H3,(H,41,42)(H,44,45)/b16-15?,33-19-. The van der Waals surface area contributed by atoms with Gasteiger partial charge in [0, 0.05) is 23.3 Å². The van der Waals surface area contributed by atoms with E-state index in [4.69, 9.17) is 12.2 Å². The summed E-state index contributed by atoms with van der Waals surface area (Å²) in [6.07, 6.45) is 10.7. The summed E-state index contributed by atoms with van der Waals surface area (Å²) in [5.74, 6) is -2.27. The maximum atomic E-state index is 12.9. The summed E-state index contributed by atoms with van der Waals surface area (Å²) in [7, 11) is 0. The minimum Gasteiger partial charge on any atom is -0.481 e. The predicted molar refractivity (Wildman–Crippen MR) is 194 cm³/mol.